The van der Waals surface area contributed by atoms with E-state index in [0.717, 1.165) is 0 Å². The number of carbonyl (C=O) groups is 2. The maximum atomic E-state index is 12.6. The Balaban J connectivity index is 1.72. The van der Waals surface area contributed by atoms with E-state index in [1.165, 1.54) is 49.7 Å². The lowest BCUT2D eigenvalue weighted by atomic mass is 10.1. The molecule has 0 saturated heterocycles. The normalized spacial score (nSPS) is 11.2. The number of rotatable bonds is 7. The zero-order valence-electron chi connectivity index (χ0n) is 16.8. The Morgan fingerprint density at radius 2 is 1.62 bits per heavy atom. The Morgan fingerprint density at radius 3 is 2.28 bits per heavy atom. The summed E-state index contributed by atoms with van der Waals surface area (Å²) in [7, 11) is -2.64. The molecule has 0 unspecified atom stereocenters. The number of anilines is 1. The van der Waals surface area contributed by atoms with Gasteiger partial charge in [-0.15, -0.1) is 0 Å². The molecule has 0 radical (unpaired) electrons. The van der Waals surface area contributed by atoms with Crippen molar-refractivity contribution in [3.05, 3.63) is 94.5 Å². The average Bonchev–Trinajstić information content (AvgIpc) is 2.79. The first kappa shape index (κ1) is 23.0. The van der Waals surface area contributed by atoms with Crippen molar-refractivity contribution in [1.29, 1.82) is 0 Å². The van der Waals surface area contributed by atoms with E-state index in [-0.39, 0.29) is 16.1 Å². The standard InChI is InChI=1S/C22H18ClN3O5S/c1-31-22(28)16-8-6-15(7-9-16)14-24-25-21(27)19-4-2-3-5-20(19)26-32(29,30)18-12-10-17(23)11-13-18/h2-14,26H,1H3,(H,25,27)/b24-14+. The predicted octanol–water partition coefficient (Wildman–Crippen LogP) is 3.69. The molecule has 0 heterocycles. The summed E-state index contributed by atoms with van der Waals surface area (Å²) < 4.78 is 32.3. The summed E-state index contributed by atoms with van der Waals surface area (Å²) in [6.07, 6.45) is 1.39. The van der Waals surface area contributed by atoms with Crippen molar-refractivity contribution in [2.45, 2.75) is 4.90 Å². The minimum absolute atomic E-state index is 0.00512. The summed E-state index contributed by atoms with van der Waals surface area (Å²) in [5.74, 6) is -1.07. The zero-order chi connectivity index (χ0) is 23.1. The molecular formula is C22H18ClN3O5S. The minimum Gasteiger partial charge on any atom is -0.465 e. The number of carbonyl (C=O) groups excluding carboxylic acids is 2. The van der Waals surface area contributed by atoms with Crippen LogP contribution in [-0.4, -0.2) is 33.6 Å². The van der Waals surface area contributed by atoms with Crippen LogP contribution in [-0.2, 0) is 14.8 Å². The lowest BCUT2D eigenvalue weighted by Gasteiger charge is -2.11. The highest BCUT2D eigenvalue weighted by molar-refractivity contribution is 7.92. The summed E-state index contributed by atoms with van der Waals surface area (Å²) in [5, 5.41) is 4.29. The largest absolute Gasteiger partial charge is 0.465 e. The van der Waals surface area contributed by atoms with Crippen molar-refractivity contribution in [1.82, 2.24) is 5.43 Å². The SMILES string of the molecule is COC(=O)c1ccc(/C=N/NC(=O)c2ccccc2NS(=O)(=O)c2ccc(Cl)cc2)cc1. The lowest BCUT2D eigenvalue weighted by molar-refractivity contribution is 0.0600. The van der Waals surface area contributed by atoms with E-state index in [1.54, 1.807) is 36.4 Å². The first-order valence-electron chi connectivity index (χ1n) is 9.19. The van der Waals surface area contributed by atoms with Gasteiger partial charge in [-0.05, 0) is 54.1 Å². The molecule has 2 N–H and O–H groups in total. The van der Waals surface area contributed by atoms with Crippen LogP contribution in [0.2, 0.25) is 5.02 Å². The fourth-order valence-corrected chi connectivity index (χ4v) is 3.84. The van der Waals surface area contributed by atoms with E-state index in [0.29, 0.717) is 16.1 Å². The van der Waals surface area contributed by atoms with Crippen LogP contribution < -0.4 is 10.1 Å². The van der Waals surface area contributed by atoms with E-state index in [4.69, 9.17) is 11.6 Å². The topological polar surface area (TPSA) is 114 Å². The second-order valence-electron chi connectivity index (χ2n) is 6.42. The van der Waals surface area contributed by atoms with E-state index in [1.807, 2.05) is 0 Å². The third-order valence-corrected chi connectivity index (χ3v) is 5.88. The van der Waals surface area contributed by atoms with Gasteiger partial charge in [0.1, 0.15) is 0 Å². The van der Waals surface area contributed by atoms with E-state index < -0.39 is 21.9 Å². The fourth-order valence-electron chi connectivity index (χ4n) is 2.64. The van der Waals surface area contributed by atoms with Gasteiger partial charge in [0.15, 0.2) is 0 Å². The molecular weight excluding hydrogens is 454 g/mol. The molecule has 0 aromatic heterocycles. The molecule has 3 aromatic carbocycles. The molecule has 0 spiro atoms. The van der Waals surface area contributed by atoms with Crippen molar-refractivity contribution in [3.8, 4) is 0 Å². The molecule has 164 valence electrons. The number of benzene rings is 3. The summed E-state index contributed by atoms with van der Waals surface area (Å²) >= 11 is 5.81. The monoisotopic (exact) mass is 471 g/mol. The number of methoxy groups -OCH3 is 1. The molecule has 10 heteroatoms. The molecule has 8 nitrogen and oxygen atoms in total. The van der Waals surface area contributed by atoms with Gasteiger partial charge in [-0.25, -0.2) is 18.6 Å². The molecule has 0 aliphatic carbocycles. The maximum absolute atomic E-state index is 12.6. The van der Waals surface area contributed by atoms with Crippen molar-refractivity contribution < 1.29 is 22.7 Å². The second kappa shape index (κ2) is 10.1. The summed E-state index contributed by atoms with van der Waals surface area (Å²) in [6.45, 7) is 0. The molecule has 0 aliphatic heterocycles. The van der Waals surface area contributed by atoms with Gasteiger partial charge >= 0.3 is 5.97 Å². The Bertz CT molecular complexity index is 1260. The summed E-state index contributed by atoms with van der Waals surface area (Å²) in [6, 6.07) is 18.2. The van der Waals surface area contributed by atoms with Crippen molar-refractivity contribution in [2.24, 2.45) is 5.10 Å². The fraction of sp³-hybridized carbons (Fsp3) is 0.0455. The number of sulfonamides is 1. The van der Waals surface area contributed by atoms with Crippen molar-refractivity contribution in [2.75, 3.05) is 11.8 Å². The first-order valence-corrected chi connectivity index (χ1v) is 11.1. The minimum atomic E-state index is -3.93. The number of hydrogen-bond acceptors (Lipinski definition) is 6. The Morgan fingerprint density at radius 1 is 0.969 bits per heavy atom. The molecule has 0 aliphatic rings. The number of ether oxygens (including phenoxy) is 1. The van der Waals surface area contributed by atoms with Crippen LogP contribution in [0.3, 0.4) is 0 Å². The lowest BCUT2D eigenvalue weighted by Crippen LogP contribution is -2.21. The number of hydrogen-bond donors (Lipinski definition) is 2. The van der Waals surface area contributed by atoms with Crippen molar-refractivity contribution >= 4 is 45.4 Å². The van der Waals surface area contributed by atoms with Gasteiger partial charge in [0, 0.05) is 5.02 Å². The molecule has 3 aromatic rings. The molecule has 0 bridgehead atoms. The highest BCUT2D eigenvalue weighted by atomic mass is 35.5. The molecule has 1 amide bonds. The Labute approximate surface area is 189 Å². The van der Waals surface area contributed by atoms with Crippen LogP contribution in [0.1, 0.15) is 26.3 Å². The number of amides is 1. The zero-order valence-corrected chi connectivity index (χ0v) is 18.4. The van der Waals surface area contributed by atoms with Gasteiger partial charge in [0.25, 0.3) is 15.9 Å². The van der Waals surface area contributed by atoms with Crippen LogP contribution in [0.25, 0.3) is 0 Å². The highest BCUT2D eigenvalue weighted by Crippen LogP contribution is 2.21. The highest BCUT2D eigenvalue weighted by Gasteiger charge is 2.18. The van der Waals surface area contributed by atoms with Gasteiger partial charge in [-0.3, -0.25) is 9.52 Å². The van der Waals surface area contributed by atoms with E-state index >= 15 is 0 Å². The average molecular weight is 472 g/mol. The maximum Gasteiger partial charge on any atom is 0.337 e. The Hall–Kier alpha value is -3.69. The van der Waals surface area contributed by atoms with Crippen LogP contribution in [0, 0.1) is 0 Å². The van der Waals surface area contributed by atoms with Gasteiger partial charge < -0.3 is 4.74 Å². The third kappa shape index (κ3) is 5.71. The van der Waals surface area contributed by atoms with Crippen LogP contribution in [0.5, 0.6) is 0 Å². The number of halogens is 1. The molecule has 0 atom stereocenters. The number of para-hydroxylation sites is 1. The number of nitrogens with zero attached hydrogens (tertiary/aromatic N) is 1. The first-order chi connectivity index (χ1) is 15.3. The molecule has 32 heavy (non-hydrogen) atoms. The third-order valence-electron chi connectivity index (χ3n) is 4.25. The van der Waals surface area contributed by atoms with Crippen LogP contribution in [0.4, 0.5) is 5.69 Å². The second-order valence-corrected chi connectivity index (χ2v) is 8.54. The van der Waals surface area contributed by atoms with Crippen molar-refractivity contribution in [3.63, 3.8) is 0 Å². The van der Waals surface area contributed by atoms with Crippen LogP contribution in [0.15, 0.2) is 82.8 Å². The Kier molecular flexibility index (Phi) is 7.24. The predicted molar refractivity (Wildman–Crippen MR) is 122 cm³/mol. The quantitative estimate of drug-likeness (QED) is 0.310. The van der Waals surface area contributed by atoms with E-state index in [2.05, 4.69) is 20.0 Å². The van der Waals surface area contributed by atoms with Gasteiger partial charge in [-0.2, -0.15) is 5.10 Å². The number of nitrogens with one attached hydrogen (secondary N) is 2. The number of hydrazone groups is 1. The summed E-state index contributed by atoms with van der Waals surface area (Å²) in [4.78, 5) is 24.0. The molecule has 3 rings (SSSR count). The van der Waals surface area contributed by atoms with Gasteiger partial charge in [0.05, 0.1) is 35.0 Å². The van der Waals surface area contributed by atoms with Gasteiger partial charge in [0.2, 0.25) is 0 Å². The van der Waals surface area contributed by atoms with Crippen LogP contribution >= 0.6 is 11.6 Å². The number of esters is 1. The molecule has 0 saturated carbocycles. The summed E-state index contributed by atoms with van der Waals surface area (Å²) in [5.41, 5.74) is 3.56. The van der Waals surface area contributed by atoms with E-state index in [9.17, 15) is 18.0 Å². The smallest absolute Gasteiger partial charge is 0.337 e. The van der Waals surface area contributed by atoms with Gasteiger partial charge in [-0.1, -0.05) is 35.9 Å². The molecule has 0 fully saturated rings.